The molecule has 1 heterocycles. The third-order valence-corrected chi connectivity index (χ3v) is 2.34. The molecule has 0 aliphatic rings. The van der Waals surface area contributed by atoms with E-state index in [-0.39, 0.29) is 11.4 Å². The normalized spacial score (nSPS) is 10.0. The van der Waals surface area contributed by atoms with Crippen molar-refractivity contribution in [1.29, 1.82) is 0 Å². The number of rotatable bonds is 2. The second-order valence-electron chi connectivity index (χ2n) is 3.16. The number of para-hydroxylation sites is 1. The lowest BCUT2D eigenvalue weighted by molar-refractivity contribution is 0.102. The smallest absolute Gasteiger partial charge is 0.275 e. The highest BCUT2D eigenvalue weighted by Crippen LogP contribution is 2.13. The number of anilines is 1. The van der Waals surface area contributed by atoms with Crippen LogP contribution < -0.4 is 5.32 Å². The van der Waals surface area contributed by atoms with Crippen LogP contribution in [0.3, 0.4) is 0 Å². The number of aromatic nitrogens is 2. The van der Waals surface area contributed by atoms with Crippen molar-refractivity contribution in [3.05, 3.63) is 52.8 Å². The van der Waals surface area contributed by atoms with Crippen LogP contribution in [-0.2, 0) is 0 Å². The molecule has 0 aliphatic heterocycles. The number of hydrogen-bond donors (Lipinski definition) is 1. The quantitative estimate of drug-likeness (QED) is 0.927. The zero-order valence-corrected chi connectivity index (χ0v) is 10.1. The second kappa shape index (κ2) is 5.01. The summed E-state index contributed by atoms with van der Waals surface area (Å²) in [5.41, 5.74) is 0.224. The average Bonchev–Trinajstić information content (AvgIpc) is 2.32. The highest BCUT2D eigenvalue weighted by Gasteiger charge is 2.10. The lowest BCUT2D eigenvalue weighted by Crippen LogP contribution is -2.15. The van der Waals surface area contributed by atoms with Gasteiger partial charge in [-0.05, 0) is 28.1 Å². The fraction of sp³-hybridized carbons (Fsp3) is 0. The monoisotopic (exact) mass is 295 g/mol. The molecule has 0 saturated heterocycles. The number of amides is 1. The molecular formula is C11H7BrFN3O. The van der Waals surface area contributed by atoms with Crippen LogP contribution >= 0.6 is 15.9 Å². The molecule has 86 valence electrons. The van der Waals surface area contributed by atoms with E-state index in [0.717, 1.165) is 0 Å². The van der Waals surface area contributed by atoms with Gasteiger partial charge >= 0.3 is 0 Å². The average molecular weight is 296 g/mol. The SMILES string of the molecule is O=C(Nc1ccccc1F)c1cncc(Br)n1. The number of carbonyl (C=O) groups excluding carboxylic acids is 1. The molecule has 0 spiro atoms. The van der Waals surface area contributed by atoms with Crippen LogP contribution in [0, 0.1) is 5.82 Å². The van der Waals surface area contributed by atoms with Crippen molar-refractivity contribution in [3.63, 3.8) is 0 Å². The van der Waals surface area contributed by atoms with E-state index in [1.807, 2.05) is 0 Å². The first-order chi connectivity index (χ1) is 8.16. The van der Waals surface area contributed by atoms with Gasteiger partial charge in [-0.15, -0.1) is 0 Å². The Labute approximate surface area is 105 Å². The fourth-order valence-corrected chi connectivity index (χ4v) is 1.51. The summed E-state index contributed by atoms with van der Waals surface area (Å²) in [6.45, 7) is 0. The highest BCUT2D eigenvalue weighted by atomic mass is 79.9. The van der Waals surface area contributed by atoms with Crippen molar-refractivity contribution in [2.45, 2.75) is 0 Å². The molecule has 1 N–H and O–H groups in total. The van der Waals surface area contributed by atoms with Crippen LogP contribution in [0.1, 0.15) is 10.5 Å². The van der Waals surface area contributed by atoms with Gasteiger partial charge < -0.3 is 5.32 Å². The molecule has 0 fully saturated rings. The standard InChI is InChI=1S/C11H7BrFN3O/c12-10-6-14-5-9(15-10)11(17)16-8-4-2-1-3-7(8)13/h1-6H,(H,16,17). The molecule has 2 aromatic rings. The molecule has 2 rings (SSSR count). The molecule has 4 nitrogen and oxygen atoms in total. The van der Waals surface area contributed by atoms with E-state index >= 15 is 0 Å². The third kappa shape index (κ3) is 2.85. The molecule has 1 amide bonds. The zero-order valence-electron chi connectivity index (χ0n) is 8.52. The zero-order chi connectivity index (χ0) is 12.3. The van der Waals surface area contributed by atoms with Crippen LogP contribution in [-0.4, -0.2) is 15.9 Å². The Bertz CT molecular complexity index is 562. The molecule has 1 aromatic carbocycles. The van der Waals surface area contributed by atoms with Crippen molar-refractivity contribution in [2.24, 2.45) is 0 Å². The van der Waals surface area contributed by atoms with E-state index < -0.39 is 11.7 Å². The summed E-state index contributed by atoms with van der Waals surface area (Å²) < 4.78 is 13.7. The predicted molar refractivity (Wildman–Crippen MR) is 64.1 cm³/mol. The van der Waals surface area contributed by atoms with Gasteiger partial charge in [0.25, 0.3) is 5.91 Å². The van der Waals surface area contributed by atoms with Gasteiger partial charge in [-0.3, -0.25) is 9.78 Å². The molecule has 0 atom stereocenters. The van der Waals surface area contributed by atoms with Gasteiger partial charge in [0.1, 0.15) is 16.1 Å². The summed E-state index contributed by atoms with van der Waals surface area (Å²) in [5, 5.41) is 2.42. The first-order valence-corrected chi connectivity index (χ1v) is 5.49. The van der Waals surface area contributed by atoms with Crippen LogP contribution in [0.15, 0.2) is 41.3 Å². The summed E-state index contributed by atoms with van der Waals surface area (Å²) in [6, 6.07) is 5.91. The Hall–Kier alpha value is -1.82. The summed E-state index contributed by atoms with van der Waals surface area (Å²) in [4.78, 5) is 19.4. The molecule has 0 radical (unpaired) electrons. The highest BCUT2D eigenvalue weighted by molar-refractivity contribution is 9.10. The first kappa shape index (κ1) is 11.7. The molecule has 0 saturated carbocycles. The number of halogens is 2. The number of benzene rings is 1. The minimum Gasteiger partial charge on any atom is -0.318 e. The van der Waals surface area contributed by atoms with E-state index in [2.05, 4.69) is 31.2 Å². The maximum atomic E-state index is 13.3. The molecule has 0 bridgehead atoms. The molecule has 6 heteroatoms. The van der Waals surface area contributed by atoms with Crippen LogP contribution in [0.4, 0.5) is 10.1 Å². The largest absolute Gasteiger partial charge is 0.318 e. The summed E-state index contributed by atoms with van der Waals surface area (Å²) in [6.07, 6.45) is 2.76. The summed E-state index contributed by atoms with van der Waals surface area (Å²) in [5.74, 6) is -1.01. The fourth-order valence-electron chi connectivity index (χ4n) is 1.20. The number of nitrogens with one attached hydrogen (secondary N) is 1. The van der Waals surface area contributed by atoms with Gasteiger partial charge in [-0.1, -0.05) is 12.1 Å². The maximum Gasteiger partial charge on any atom is 0.275 e. The third-order valence-electron chi connectivity index (χ3n) is 1.96. The summed E-state index contributed by atoms with van der Waals surface area (Å²) >= 11 is 3.10. The summed E-state index contributed by atoms with van der Waals surface area (Å²) in [7, 11) is 0. The molecule has 0 aliphatic carbocycles. The van der Waals surface area contributed by atoms with Crippen molar-refractivity contribution in [2.75, 3.05) is 5.32 Å². The van der Waals surface area contributed by atoms with Crippen LogP contribution in [0.5, 0.6) is 0 Å². The second-order valence-corrected chi connectivity index (χ2v) is 3.97. The minimum atomic E-state index is -0.510. The van der Waals surface area contributed by atoms with E-state index in [1.54, 1.807) is 12.1 Å². The van der Waals surface area contributed by atoms with E-state index in [9.17, 15) is 9.18 Å². The maximum absolute atomic E-state index is 13.3. The van der Waals surface area contributed by atoms with Crippen molar-refractivity contribution in [1.82, 2.24) is 9.97 Å². The molecule has 1 aromatic heterocycles. The van der Waals surface area contributed by atoms with Crippen LogP contribution in [0.2, 0.25) is 0 Å². The van der Waals surface area contributed by atoms with Gasteiger partial charge in [0.15, 0.2) is 0 Å². The minimum absolute atomic E-state index is 0.110. The van der Waals surface area contributed by atoms with Gasteiger partial charge in [-0.25, -0.2) is 9.37 Å². The van der Waals surface area contributed by atoms with Gasteiger partial charge in [-0.2, -0.15) is 0 Å². The van der Waals surface area contributed by atoms with Crippen molar-refractivity contribution >= 4 is 27.5 Å². The van der Waals surface area contributed by atoms with E-state index in [0.29, 0.717) is 4.60 Å². The Morgan fingerprint density at radius 2 is 2.06 bits per heavy atom. The number of carbonyl (C=O) groups is 1. The van der Waals surface area contributed by atoms with Crippen LogP contribution in [0.25, 0.3) is 0 Å². The van der Waals surface area contributed by atoms with Gasteiger partial charge in [0, 0.05) is 0 Å². The Morgan fingerprint density at radius 3 is 2.76 bits per heavy atom. The first-order valence-electron chi connectivity index (χ1n) is 4.70. The number of nitrogens with zero attached hydrogens (tertiary/aromatic N) is 2. The van der Waals surface area contributed by atoms with E-state index in [1.165, 1.54) is 24.5 Å². The Kier molecular flexibility index (Phi) is 3.43. The van der Waals surface area contributed by atoms with Crippen molar-refractivity contribution < 1.29 is 9.18 Å². The Balaban J connectivity index is 2.20. The van der Waals surface area contributed by atoms with Gasteiger partial charge in [0.2, 0.25) is 0 Å². The topological polar surface area (TPSA) is 54.9 Å². The predicted octanol–water partition coefficient (Wildman–Crippen LogP) is 2.63. The lowest BCUT2D eigenvalue weighted by Gasteiger charge is -2.05. The lowest BCUT2D eigenvalue weighted by atomic mass is 10.3. The molecular weight excluding hydrogens is 289 g/mol. The molecule has 0 unspecified atom stereocenters. The van der Waals surface area contributed by atoms with E-state index in [4.69, 9.17) is 0 Å². The van der Waals surface area contributed by atoms with Gasteiger partial charge in [0.05, 0.1) is 18.1 Å². The molecule has 17 heavy (non-hydrogen) atoms. The Morgan fingerprint density at radius 1 is 1.29 bits per heavy atom. The number of hydrogen-bond acceptors (Lipinski definition) is 3. The van der Waals surface area contributed by atoms with Crippen molar-refractivity contribution in [3.8, 4) is 0 Å².